The van der Waals surface area contributed by atoms with Gasteiger partial charge in [-0.05, 0) is 18.8 Å². The van der Waals surface area contributed by atoms with Gasteiger partial charge in [-0.3, -0.25) is 14.4 Å². The molecule has 1 saturated heterocycles. The van der Waals surface area contributed by atoms with Crippen LogP contribution in [0.2, 0.25) is 0 Å². The maximum atomic E-state index is 13.2. The standard InChI is InChI=1S/C21H35N3O4/c1-4-6-7-11-23-20(27)18-15-10-9-14(8-5-2)16(19(26)22-3)17(15)21(28)24(18)12-13-25/h9-10,14-18,25H,4-8,11-13H2,1-3H3,(H,22,26)(H,23,27)/t14-,15+,16-,17+,18+/m1/s1. The van der Waals surface area contributed by atoms with Gasteiger partial charge in [-0.2, -0.15) is 0 Å². The number of allylic oxidation sites excluding steroid dienone is 1. The van der Waals surface area contributed by atoms with E-state index in [-0.39, 0.29) is 42.7 Å². The second-order valence-corrected chi connectivity index (χ2v) is 7.78. The molecule has 2 aliphatic rings. The Bertz CT molecular complexity index is 592. The molecule has 3 N–H and O–H groups in total. The highest BCUT2D eigenvalue weighted by molar-refractivity contribution is 5.96. The first-order valence-corrected chi connectivity index (χ1v) is 10.6. The second kappa shape index (κ2) is 10.6. The van der Waals surface area contributed by atoms with Crippen molar-refractivity contribution in [2.24, 2.45) is 23.7 Å². The number of amides is 3. The SMILES string of the molecule is CCCCCNC(=O)[C@@H]1[C@H]2C=C[C@@H](CCC)[C@@H](C(=O)NC)[C@H]2C(=O)N1CCO. The molecule has 1 aliphatic carbocycles. The summed E-state index contributed by atoms with van der Waals surface area (Å²) in [5.74, 6) is -1.95. The summed E-state index contributed by atoms with van der Waals surface area (Å²) >= 11 is 0. The molecular weight excluding hydrogens is 358 g/mol. The van der Waals surface area contributed by atoms with Crippen LogP contribution in [0.1, 0.15) is 46.0 Å². The van der Waals surface area contributed by atoms with Crippen molar-refractivity contribution in [3.63, 3.8) is 0 Å². The summed E-state index contributed by atoms with van der Waals surface area (Å²) in [5.41, 5.74) is 0. The first-order chi connectivity index (χ1) is 13.5. The van der Waals surface area contributed by atoms with E-state index in [2.05, 4.69) is 24.5 Å². The van der Waals surface area contributed by atoms with Gasteiger partial charge in [0, 0.05) is 26.1 Å². The quantitative estimate of drug-likeness (QED) is 0.382. The lowest BCUT2D eigenvalue weighted by Gasteiger charge is -2.34. The third-order valence-corrected chi connectivity index (χ3v) is 5.97. The Labute approximate surface area is 167 Å². The molecule has 1 fully saturated rings. The highest BCUT2D eigenvalue weighted by Gasteiger charge is 2.56. The van der Waals surface area contributed by atoms with Crippen LogP contribution in [0.15, 0.2) is 12.2 Å². The fraction of sp³-hybridized carbons (Fsp3) is 0.762. The van der Waals surface area contributed by atoms with Gasteiger partial charge in [-0.25, -0.2) is 0 Å². The number of carbonyl (C=O) groups excluding carboxylic acids is 3. The molecule has 0 aromatic carbocycles. The molecule has 0 aromatic rings. The van der Waals surface area contributed by atoms with Crippen LogP contribution in [0.4, 0.5) is 0 Å². The van der Waals surface area contributed by atoms with Crippen molar-refractivity contribution in [2.45, 2.75) is 52.0 Å². The number of rotatable bonds is 10. The highest BCUT2D eigenvalue weighted by Crippen LogP contribution is 2.45. The zero-order valence-electron chi connectivity index (χ0n) is 17.3. The number of unbranched alkanes of at least 4 members (excludes halogenated alkanes) is 2. The summed E-state index contributed by atoms with van der Waals surface area (Å²) < 4.78 is 0. The van der Waals surface area contributed by atoms with Crippen molar-refractivity contribution >= 4 is 17.7 Å². The van der Waals surface area contributed by atoms with E-state index in [1.165, 1.54) is 4.90 Å². The molecule has 7 heteroatoms. The molecule has 158 valence electrons. The average molecular weight is 394 g/mol. The Morgan fingerprint density at radius 2 is 1.89 bits per heavy atom. The minimum absolute atomic E-state index is 0.0162. The predicted octanol–water partition coefficient (Wildman–Crippen LogP) is 1.08. The zero-order valence-corrected chi connectivity index (χ0v) is 17.3. The summed E-state index contributed by atoms with van der Waals surface area (Å²) in [6.07, 6.45) is 8.69. The molecule has 1 heterocycles. The second-order valence-electron chi connectivity index (χ2n) is 7.78. The molecule has 0 saturated carbocycles. The number of carbonyl (C=O) groups is 3. The lowest BCUT2D eigenvalue weighted by atomic mass is 9.68. The lowest BCUT2D eigenvalue weighted by Crippen LogP contribution is -2.48. The maximum absolute atomic E-state index is 13.2. The monoisotopic (exact) mass is 393 g/mol. The van der Waals surface area contributed by atoms with Crippen molar-refractivity contribution in [3.8, 4) is 0 Å². The summed E-state index contributed by atoms with van der Waals surface area (Å²) in [4.78, 5) is 40.3. The van der Waals surface area contributed by atoms with Crippen LogP contribution in [0.5, 0.6) is 0 Å². The van der Waals surface area contributed by atoms with Crippen LogP contribution in [0.25, 0.3) is 0 Å². The van der Waals surface area contributed by atoms with Crippen molar-refractivity contribution < 1.29 is 19.5 Å². The number of likely N-dealkylation sites (tertiary alicyclic amines) is 1. The van der Waals surface area contributed by atoms with Gasteiger partial charge < -0.3 is 20.6 Å². The molecule has 0 bridgehead atoms. The topological polar surface area (TPSA) is 98.7 Å². The molecular formula is C21H35N3O4. The number of nitrogens with zero attached hydrogens (tertiary/aromatic N) is 1. The highest BCUT2D eigenvalue weighted by atomic mass is 16.3. The van der Waals surface area contributed by atoms with Crippen LogP contribution in [-0.2, 0) is 14.4 Å². The smallest absolute Gasteiger partial charge is 0.243 e. The van der Waals surface area contributed by atoms with Gasteiger partial charge in [-0.1, -0.05) is 45.3 Å². The molecule has 0 spiro atoms. The fourth-order valence-electron chi connectivity index (χ4n) is 4.67. The van der Waals surface area contributed by atoms with Crippen LogP contribution in [0, 0.1) is 23.7 Å². The third kappa shape index (κ3) is 4.57. The van der Waals surface area contributed by atoms with Gasteiger partial charge in [0.2, 0.25) is 17.7 Å². The van der Waals surface area contributed by atoms with E-state index < -0.39 is 17.9 Å². The van der Waals surface area contributed by atoms with Gasteiger partial charge in [0.15, 0.2) is 0 Å². The zero-order chi connectivity index (χ0) is 20.7. The molecule has 1 aliphatic heterocycles. The molecule has 0 radical (unpaired) electrons. The van der Waals surface area contributed by atoms with Crippen molar-refractivity contribution in [1.82, 2.24) is 15.5 Å². The van der Waals surface area contributed by atoms with E-state index in [1.54, 1.807) is 7.05 Å². The molecule has 3 amide bonds. The van der Waals surface area contributed by atoms with Gasteiger partial charge >= 0.3 is 0 Å². The first kappa shape index (κ1) is 22.4. The first-order valence-electron chi connectivity index (χ1n) is 10.6. The van der Waals surface area contributed by atoms with Crippen molar-refractivity contribution in [3.05, 3.63) is 12.2 Å². The minimum atomic E-state index is -0.669. The van der Waals surface area contributed by atoms with Crippen molar-refractivity contribution in [2.75, 3.05) is 26.7 Å². The van der Waals surface area contributed by atoms with E-state index in [1.807, 2.05) is 12.2 Å². The molecule has 2 rings (SSSR count). The molecule has 28 heavy (non-hydrogen) atoms. The van der Waals surface area contributed by atoms with Gasteiger partial charge in [0.05, 0.1) is 18.4 Å². The summed E-state index contributed by atoms with van der Waals surface area (Å²) in [7, 11) is 1.58. The van der Waals surface area contributed by atoms with Crippen LogP contribution in [0.3, 0.4) is 0 Å². The van der Waals surface area contributed by atoms with Crippen LogP contribution < -0.4 is 10.6 Å². The Balaban J connectivity index is 2.30. The Morgan fingerprint density at radius 1 is 1.14 bits per heavy atom. The van der Waals surface area contributed by atoms with Gasteiger partial charge in [0.1, 0.15) is 6.04 Å². The number of nitrogens with one attached hydrogen (secondary N) is 2. The maximum Gasteiger partial charge on any atom is 0.243 e. The largest absolute Gasteiger partial charge is 0.395 e. The number of hydrogen-bond donors (Lipinski definition) is 3. The predicted molar refractivity (Wildman–Crippen MR) is 107 cm³/mol. The van der Waals surface area contributed by atoms with Crippen molar-refractivity contribution in [1.29, 1.82) is 0 Å². The lowest BCUT2D eigenvalue weighted by molar-refractivity contribution is -0.141. The molecule has 5 atom stereocenters. The van der Waals surface area contributed by atoms with E-state index >= 15 is 0 Å². The average Bonchev–Trinajstić information content (AvgIpc) is 2.97. The number of aliphatic hydroxyl groups excluding tert-OH is 1. The van der Waals surface area contributed by atoms with E-state index in [9.17, 15) is 19.5 Å². The Hall–Kier alpha value is -1.89. The fourth-order valence-corrected chi connectivity index (χ4v) is 4.67. The Morgan fingerprint density at radius 3 is 2.50 bits per heavy atom. The van der Waals surface area contributed by atoms with Crippen LogP contribution >= 0.6 is 0 Å². The van der Waals surface area contributed by atoms with Gasteiger partial charge in [0.25, 0.3) is 0 Å². The van der Waals surface area contributed by atoms with E-state index in [4.69, 9.17) is 0 Å². The molecule has 0 aromatic heterocycles. The molecule has 0 unspecified atom stereocenters. The summed E-state index contributed by atoms with van der Waals surface area (Å²) in [5, 5.41) is 15.1. The van der Waals surface area contributed by atoms with E-state index in [0.29, 0.717) is 6.54 Å². The summed E-state index contributed by atoms with van der Waals surface area (Å²) in [6.45, 7) is 4.62. The number of fused-ring (bicyclic) bond motifs is 1. The van der Waals surface area contributed by atoms with Gasteiger partial charge in [-0.15, -0.1) is 0 Å². The molecule has 7 nitrogen and oxygen atoms in total. The Kier molecular flexibility index (Phi) is 8.48. The van der Waals surface area contributed by atoms with E-state index in [0.717, 1.165) is 32.1 Å². The number of aliphatic hydroxyl groups is 1. The normalized spacial score (nSPS) is 28.9. The number of hydrogen-bond acceptors (Lipinski definition) is 4. The van der Waals surface area contributed by atoms with Crippen LogP contribution in [-0.4, -0.2) is 60.5 Å². The summed E-state index contributed by atoms with van der Waals surface area (Å²) in [6, 6.07) is -0.669. The third-order valence-electron chi connectivity index (χ3n) is 5.97. The number of β-amino-alcohol motifs (C(OH)–C–C–N with tert-alkyl or cyclic N) is 1. The minimum Gasteiger partial charge on any atom is -0.395 e.